The summed E-state index contributed by atoms with van der Waals surface area (Å²) in [5.41, 5.74) is 1.03. The lowest BCUT2D eigenvalue weighted by Gasteiger charge is -2.32. The highest BCUT2D eigenvalue weighted by molar-refractivity contribution is 5.91. The van der Waals surface area contributed by atoms with Gasteiger partial charge in [0.15, 0.2) is 17.2 Å². The van der Waals surface area contributed by atoms with Gasteiger partial charge >= 0.3 is 6.18 Å². The Kier molecular flexibility index (Phi) is 5.40. The first kappa shape index (κ1) is 21.1. The van der Waals surface area contributed by atoms with Crippen LogP contribution >= 0.6 is 0 Å². The smallest absolute Gasteiger partial charge is 0.417 e. The van der Waals surface area contributed by atoms with Crippen molar-refractivity contribution in [1.29, 1.82) is 0 Å². The van der Waals surface area contributed by atoms with E-state index in [4.69, 9.17) is 14.6 Å². The summed E-state index contributed by atoms with van der Waals surface area (Å²) in [7, 11) is -3.32. The summed E-state index contributed by atoms with van der Waals surface area (Å²) in [6.45, 7) is 1.68. The van der Waals surface area contributed by atoms with Crippen LogP contribution in [0.5, 0.6) is 5.75 Å². The fourth-order valence-corrected chi connectivity index (χ4v) is 3.85. The maximum absolute atomic E-state index is 14.6. The largest absolute Gasteiger partial charge is 0.493 e. The molecule has 1 aliphatic heterocycles. The van der Waals surface area contributed by atoms with Crippen molar-refractivity contribution in [2.24, 2.45) is 16.6 Å². The Morgan fingerprint density at radius 2 is 2.00 bits per heavy atom. The molecule has 0 saturated carbocycles. The van der Waals surface area contributed by atoms with Crippen molar-refractivity contribution in [3.8, 4) is 5.75 Å². The molecular weight excluding hydrogens is 469 g/mol. The van der Waals surface area contributed by atoms with Crippen LogP contribution in [0.15, 0.2) is 35.5 Å². The number of rotatable bonds is 4. The fourth-order valence-electron chi connectivity index (χ4n) is 3.85. The van der Waals surface area contributed by atoms with Crippen molar-refractivity contribution >= 4 is 11.8 Å². The third-order valence-corrected chi connectivity index (χ3v) is 5.86. The summed E-state index contributed by atoms with van der Waals surface area (Å²) in [5, 5.41) is 9.32. The van der Waals surface area contributed by atoms with E-state index in [0.717, 1.165) is 31.3 Å². The Morgan fingerprint density at radius 1 is 1.32 bits per heavy atom. The van der Waals surface area contributed by atoms with Gasteiger partial charge in [0, 0.05) is 23.6 Å². The summed E-state index contributed by atoms with van der Waals surface area (Å²) in [6, 6.07) is 3.25. The molecule has 34 heavy (non-hydrogen) atoms. The van der Waals surface area contributed by atoms with Crippen LogP contribution < -0.4 is 15.8 Å². The molecule has 1 aromatic carbocycles. The Labute approximate surface area is 193 Å². The van der Waals surface area contributed by atoms with Crippen molar-refractivity contribution in [3.05, 3.63) is 58.7 Å². The third-order valence-electron chi connectivity index (χ3n) is 5.86. The normalized spacial score (nSPS) is 27.1. The Morgan fingerprint density at radius 3 is 2.59 bits per heavy atom. The molecule has 1 aliphatic rings. The number of amides is 2. The van der Waals surface area contributed by atoms with Crippen LogP contribution in [0.4, 0.5) is 22.0 Å². The summed E-state index contributed by atoms with van der Waals surface area (Å²) >= 11 is 0. The van der Waals surface area contributed by atoms with Crippen LogP contribution in [-0.2, 0) is 9.53 Å². The maximum Gasteiger partial charge on any atom is 0.417 e. The highest BCUT2D eigenvalue weighted by Crippen LogP contribution is 2.55. The zero-order valence-corrected chi connectivity index (χ0v) is 17.6. The number of halogens is 5. The summed E-state index contributed by atoms with van der Waals surface area (Å²) in [5.74, 6) is -10.3. The van der Waals surface area contributed by atoms with E-state index in [2.05, 4.69) is 9.73 Å². The third kappa shape index (κ3) is 4.11. The number of hydrogen-bond acceptors (Lipinski definition) is 5. The lowest BCUT2D eigenvalue weighted by Crippen LogP contribution is -2.47. The Balaban J connectivity index is 2.22. The molecule has 1 fully saturated rings. The van der Waals surface area contributed by atoms with Gasteiger partial charge in [-0.1, -0.05) is 13.0 Å². The number of pyridine rings is 1. The van der Waals surface area contributed by atoms with Crippen molar-refractivity contribution in [1.82, 2.24) is 4.73 Å². The van der Waals surface area contributed by atoms with Crippen LogP contribution in [-0.4, -0.2) is 46.7 Å². The number of hydrogen-bond donors (Lipinski definition) is 2. The predicted octanol–water partition coefficient (Wildman–Crippen LogP) is 2.68. The van der Waals surface area contributed by atoms with E-state index >= 15 is 0 Å². The number of methoxy groups -OCH3 is 1. The number of nitrogens with zero attached hydrogens (tertiary/aromatic N) is 2. The molecule has 3 rings (SSSR count). The number of carbonyl (C=O) groups excluding carboxylic acids is 2. The Hall–Kier alpha value is -3.48. The number of benzene rings is 1. The highest BCUT2D eigenvalue weighted by Gasteiger charge is 2.65. The molecule has 0 spiro atoms. The number of nitrogens with two attached hydrogens (primary N) is 1. The molecule has 2 amide bonds. The fraction of sp³-hybridized carbons (Fsp3) is 0.381. The quantitative estimate of drug-likeness (QED) is 0.503. The number of alkyl halides is 3. The van der Waals surface area contributed by atoms with Crippen LogP contribution in [0, 0.1) is 17.6 Å². The van der Waals surface area contributed by atoms with Crippen molar-refractivity contribution < 1.29 is 50.3 Å². The number of carbonyl (C=O) groups is 2. The van der Waals surface area contributed by atoms with E-state index in [9.17, 15) is 36.7 Å². The first-order valence-electron chi connectivity index (χ1n) is 11.1. The molecule has 184 valence electrons. The lowest BCUT2D eigenvalue weighted by molar-refractivity contribution is -0.272. The molecule has 2 aromatic rings. The SMILES string of the molecule is [2H]C([2H])([2H])Oc1c([C@@H]2[C@H](C(=O)N=c3ccn(O)c(C(N)=O)c3)O[C@](C)(C(F)(F)F)[C@H]2C)ccc(F)c1F. The van der Waals surface area contributed by atoms with Crippen molar-refractivity contribution in [3.63, 3.8) is 0 Å². The second-order valence-electron chi connectivity index (χ2n) is 7.77. The molecule has 1 aromatic heterocycles. The minimum Gasteiger partial charge on any atom is -0.493 e. The van der Waals surface area contributed by atoms with Crippen LogP contribution in [0.3, 0.4) is 0 Å². The Bertz CT molecular complexity index is 1310. The zero-order chi connectivity index (χ0) is 28.1. The summed E-state index contributed by atoms with van der Waals surface area (Å²) < 4.78 is 103. The van der Waals surface area contributed by atoms with Gasteiger partial charge in [-0.2, -0.15) is 22.3 Å². The van der Waals surface area contributed by atoms with Crippen LogP contribution in [0.2, 0.25) is 0 Å². The molecule has 8 nitrogen and oxygen atoms in total. The summed E-state index contributed by atoms with van der Waals surface area (Å²) in [4.78, 5) is 28.2. The maximum atomic E-state index is 14.6. The van der Waals surface area contributed by atoms with E-state index in [-0.39, 0.29) is 5.36 Å². The van der Waals surface area contributed by atoms with Crippen molar-refractivity contribution in [2.45, 2.75) is 37.6 Å². The van der Waals surface area contributed by atoms with E-state index in [1.54, 1.807) is 0 Å². The standard InChI is InChI=1S/C21H20F5N3O5/c1-9-14(11-4-5-12(22)15(23)16(11)33-3)17(34-20(9,2)21(24,25)26)19(31)28-10-6-7-29(32)13(8-10)18(27)30/h4-9,14,17,32H,1-3H3,(H2,27,30)/t9-,14+,17+,20-/m0/s1/i3D3. The van der Waals surface area contributed by atoms with Gasteiger partial charge in [0.2, 0.25) is 5.82 Å². The van der Waals surface area contributed by atoms with Gasteiger partial charge in [0.05, 0.1) is 16.5 Å². The van der Waals surface area contributed by atoms with Gasteiger partial charge in [-0.15, -0.1) is 0 Å². The first-order valence-corrected chi connectivity index (χ1v) is 9.59. The average molecular weight is 492 g/mol. The van der Waals surface area contributed by atoms with E-state index in [1.165, 1.54) is 0 Å². The van der Waals surface area contributed by atoms with Gasteiger partial charge in [-0.3, -0.25) is 9.59 Å². The molecule has 0 bridgehead atoms. The van der Waals surface area contributed by atoms with E-state index in [0.29, 0.717) is 17.7 Å². The number of aromatic nitrogens is 1. The van der Waals surface area contributed by atoms with Gasteiger partial charge < -0.3 is 20.4 Å². The molecule has 1 saturated heterocycles. The van der Waals surface area contributed by atoms with Crippen LogP contribution in [0.25, 0.3) is 0 Å². The molecule has 0 radical (unpaired) electrons. The van der Waals surface area contributed by atoms with E-state index in [1.807, 2.05) is 0 Å². The minimum atomic E-state index is -5.06. The second kappa shape index (κ2) is 8.70. The van der Waals surface area contributed by atoms with Crippen LogP contribution in [0.1, 0.15) is 39.9 Å². The first-order chi connectivity index (χ1) is 16.9. The molecular formula is C21H20F5N3O5. The summed E-state index contributed by atoms with van der Waals surface area (Å²) in [6.07, 6.45) is -6.25. The zero-order valence-electron chi connectivity index (χ0n) is 20.6. The van der Waals surface area contributed by atoms with Gasteiger partial charge in [-0.25, -0.2) is 9.38 Å². The number of ether oxygens (including phenoxy) is 2. The predicted molar refractivity (Wildman–Crippen MR) is 105 cm³/mol. The highest BCUT2D eigenvalue weighted by atomic mass is 19.4. The second-order valence-corrected chi connectivity index (χ2v) is 7.77. The molecule has 3 N–H and O–H groups in total. The topological polar surface area (TPSA) is 116 Å². The van der Waals surface area contributed by atoms with Gasteiger partial charge in [0.1, 0.15) is 11.8 Å². The molecule has 4 atom stereocenters. The average Bonchev–Trinajstić information content (AvgIpc) is 3.04. The van der Waals surface area contributed by atoms with Crippen molar-refractivity contribution in [2.75, 3.05) is 7.04 Å². The molecule has 2 heterocycles. The minimum absolute atomic E-state index is 0.302. The lowest BCUT2D eigenvalue weighted by atomic mass is 9.77. The molecule has 13 heteroatoms. The molecule has 0 unspecified atom stereocenters. The van der Waals surface area contributed by atoms with E-state index < -0.39 is 77.2 Å². The number of primary amides is 1. The monoisotopic (exact) mass is 492 g/mol. The van der Waals surface area contributed by atoms with Gasteiger partial charge in [0.25, 0.3) is 11.8 Å². The molecule has 0 aliphatic carbocycles. The van der Waals surface area contributed by atoms with Gasteiger partial charge in [-0.05, 0) is 25.1 Å².